The minimum absolute atomic E-state index is 0.256. The summed E-state index contributed by atoms with van der Waals surface area (Å²) >= 11 is 0. The fourth-order valence-electron chi connectivity index (χ4n) is 3.89. The highest BCUT2D eigenvalue weighted by Crippen LogP contribution is 2.40. The minimum atomic E-state index is -0.256. The molecule has 0 atom stereocenters. The number of hydrogen-bond acceptors (Lipinski definition) is 4. The molecule has 0 saturated heterocycles. The second kappa shape index (κ2) is 6.83. The first kappa shape index (κ1) is 16.6. The summed E-state index contributed by atoms with van der Waals surface area (Å²) in [6, 6.07) is 11.4. The summed E-state index contributed by atoms with van der Waals surface area (Å²) in [7, 11) is 0. The molecule has 0 bridgehead atoms. The van der Waals surface area contributed by atoms with Crippen LogP contribution < -0.4 is 5.73 Å². The Hall–Kier alpha value is -2.82. The summed E-state index contributed by atoms with van der Waals surface area (Å²) in [5, 5.41) is 0. The van der Waals surface area contributed by atoms with Crippen molar-refractivity contribution in [2.45, 2.75) is 38.5 Å². The van der Waals surface area contributed by atoms with Crippen molar-refractivity contribution in [3.05, 3.63) is 47.5 Å². The number of aromatic amines is 1. The largest absolute Gasteiger partial charge is 0.462 e. The number of benzene rings is 2. The van der Waals surface area contributed by atoms with Crippen molar-refractivity contribution in [1.82, 2.24) is 9.97 Å². The summed E-state index contributed by atoms with van der Waals surface area (Å²) in [6.07, 6.45) is 4.57. The molecule has 0 aliphatic heterocycles. The van der Waals surface area contributed by atoms with E-state index in [0.29, 0.717) is 18.1 Å². The number of H-pyrrole nitrogens is 1. The normalized spacial score (nSPS) is 14.8. The van der Waals surface area contributed by atoms with Gasteiger partial charge in [0.25, 0.3) is 0 Å². The molecule has 26 heavy (non-hydrogen) atoms. The number of rotatable bonds is 4. The molecule has 0 amide bonds. The number of ether oxygens (including phenoxy) is 1. The van der Waals surface area contributed by atoms with Crippen molar-refractivity contribution in [2.24, 2.45) is 0 Å². The fourth-order valence-corrected chi connectivity index (χ4v) is 3.89. The first-order valence-electron chi connectivity index (χ1n) is 9.23. The van der Waals surface area contributed by atoms with Crippen molar-refractivity contribution < 1.29 is 9.53 Å². The molecule has 2 aromatic carbocycles. The predicted molar refractivity (Wildman–Crippen MR) is 103 cm³/mol. The molecule has 3 aromatic rings. The maximum absolute atomic E-state index is 12.5. The van der Waals surface area contributed by atoms with E-state index in [0.717, 1.165) is 46.5 Å². The molecule has 3 N–H and O–H groups in total. The highest BCUT2D eigenvalue weighted by atomic mass is 16.5. The van der Waals surface area contributed by atoms with Gasteiger partial charge in [0.15, 0.2) is 0 Å². The van der Waals surface area contributed by atoms with E-state index < -0.39 is 0 Å². The van der Waals surface area contributed by atoms with E-state index >= 15 is 0 Å². The number of esters is 1. The van der Waals surface area contributed by atoms with E-state index in [4.69, 9.17) is 15.5 Å². The van der Waals surface area contributed by atoms with Crippen molar-refractivity contribution in [3.63, 3.8) is 0 Å². The van der Waals surface area contributed by atoms with Gasteiger partial charge in [-0.2, -0.15) is 0 Å². The molecule has 0 spiro atoms. The number of fused-ring (bicyclic) bond motifs is 1. The summed E-state index contributed by atoms with van der Waals surface area (Å²) < 4.78 is 5.29. The van der Waals surface area contributed by atoms with Crippen LogP contribution in [-0.4, -0.2) is 22.5 Å². The Morgan fingerprint density at radius 1 is 1.19 bits per heavy atom. The average molecular weight is 349 g/mol. The maximum Gasteiger partial charge on any atom is 0.338 e. The van der Waals surface area contributed by atoms with Crippen LogP contribution in [0.25, 0.3) is 22.4 Å². The second-order valence-electron chi connectivity index (χ2n) is 6.83. The lowest BCUT2D eigenvalue weighted by Crippen LogP contribution is -2.10. The predicted octanol–water partition coefficient (Wildman–Crippen LogP) is 4.65. The summed E-state index contributed by atoms with van der Waals surface area (Å²) in [6.45, 7) is 2.21. The number of nitrogens with one attached hydrogen (secondary N) is 1. The molecule has 134 valence electrons. The fraction of sp³-hybridized carbons (Fsp3) is 0.333. The van der Waals surface area contributed by atoms with Crippen LogP contribution in [-0.2, 0) is 4.74 Å². The van der Waals surface area contributed by atoms with Crippen LogP contribution in [0.1, 0.15) is 54.4 Å². The van der Waals surface area contributed by atoms with Gasteiger partial charge < -0.3 is 15.5 Å². The van der Waals surface area contributed by atoms with Crippen LogP contribution in [0.5, 0.6) is 0 Å². The van der Waals surface area contributed by atoms with Gasteiger partial charge in [0.1, 0.15) is 5.82 Å². The van der Waals surface area contributed by atoms with Crippen LogP contribution in [0.2, 0.25) is 0 Å². The van der Waals surface area contributed by atoms with Gasteiger partial charge in [0.05, 0.1) is 23.2 Å². The smallest absolute Gasteiger partial charge is 0.338 e. The number of imidazole rings is 1. The molecular weight excluding hydrogens is 326 g/mol. The molecule has 1 heterocycles. The zero-order chi connectivity index (χ0) is 18.1. The van der Waals surface area contributed by atoms with Crippen LogP contribution in [0.3, 0.4) is 0 Å². The number of aromatic nitrogens is 2. The van der Waals surface area contributed by atoms with Gasteiger partial charge in [-0.1, -0.05) is 12.8 Å². The number of nitrogens with two attached hydrogens (primary N) is 1. The number of anilines is 1. The van der Waals surface area contributed by atoms with Crippen molar-refractivity contribution in [3.8, 4) is 11.4 Å². The zero-order valence-electron chi connectivity index (χ0n) is 14.9. The minimum Gasteiger partial charge on any atom is -0.462 e. The topological polar surface area (TPSA) is 81.0 Å². The zero-order valence-corrected chi connectivity index (χ0v) is 14.9. The van der Waals surface area contributed by atoms with Gasteiger partial charge in [-0.15, -0.1) is 0 Å². The Kier molecular flexibility index (Phi) is 4.37. The van der Waals surface area contributed by atoms with Gasteiger partial charge in [-0.05, 0) is 67.6 Å². The van der Waals surface area contributed by atoms with Crippen molar-refractivity contribution in [1.29, 1.82) is 0 Å². The number of nitrogens with zero attached hydrogens (tertiary/aromatic N) is 1. The third-order valence-electron chi connectivity index (χ3n) is 5.14. The van der Waals surface area contributed by atoms with E-state index in [-0.39, 0.29) is 5.97 Å². The quantitative estimate of drug-likeness (QED) is 0.531. The third-order valence-corrected chi connectivity index (χ3v) is 5.14. The Morgan fingerprint density at radius 2 is 1.92 bits per heavy atom. The van der Waals surface area contributed by atoms with Gasteiger partial charge in [-0.25, -0.2) is 9.78 Å². The lowest BCUT2D eigenvalue weighted by molar-refractivity contribution is 0.0524. The van der Waals surface area contributed by atoms with E-state index in [1.165, 1.54) is 12.8 Å². The molecule has 1 saturated carbocycles. The van der Waals surface area contributed by atoms with Crippen molar-refractivity contribution in [2.75, 3.05) is 12.3 Å². The van der Waals surface area contributed by atoms with Gasteiger partial charge in [0, 0.05) is 11.3 Å². The standard InChI is InChI=1S/C21H23N3O2/c1-2-26-21(25)16-11-12-17-19(18(16)13-5-3-4-6-13)24-20(23-17)14-7-9-15(22)10-8-14/h7-13H,2-6,22H2,1H3,(H,23,24). The molecule has 1 fully saturated rings. The molecular formula is C21H23N3O2. The SMILES string of the molecule is CCOC(=O)c1ccc2[nH]c(-c3ccc(N)cc3)nc2c1C1CCCC1. The number of nitrogen functional groups attached to an aromatic ring is 1. The summed E-state index contributed by atoms with van der Waals surface area (Å²) in [4.78, 5) is 20.8. The molecule has 0 radical (unpaired) electrons. The Balaban J connectivity index is 1.87. The molecule has 1 aliphatic rings. The van der Waals surface area contributed by atoms with Gasteiger partial charge in [-0.3, -0.25) is 0 Å². The molecule has 4 rings (SSSR count). The number of carbonyl (C=O) groups is 1. The Labute approximate surface area is 152 Å². The van der Waals surface area contributed by atoms with Gasteiger partial charge >= 0.3 is 5.97 Å². The summed E-state index contributed by atoms with van der Waals surface area (Å²) in [5.41, 5.74) is 11.0. The number of carbonyl (C=O) groups excluding carboxylic acids is 1. The average Bonchev–Trinajstić information content (AvgIpc) is 3.31. The van der Waals surface area contributed by atoms with Crippen LogP contribution in [0.15, 0.2) is 36.4 Å². The number of hydrogen-bond donors (Lipinski definition) is 2. The Bertz CT molecular complexity index is 938. The van der Waals surface area contributed by atoms with Gasteiger partial charge in [0.2, 0.25) is 0 Å². The Morgan fingerprint density at radius 3 is 2.62 bits per heavy atom. The van der Waals surface area contributed by atoms with Crippen LogP contribution in [0, 0.1) is 0 Å². The van der Waals surface area contributed by atoms with Crippen LogP contribution in [0.4, 0.5) is 5.69 Å². The molecule has 5 nitrogen and oxygen atoms in total. The van der Waals surface area contributed by atoms with Crippen LogP contribution >= 0.6 is 0 Å². The highest BCUT2D eigenvalue weighted by molar-refractivity contribution is 5.98. The first-order valence-corrected chi connectivity index (χ1v) is 9.23. The van der Waals surface area contributed by atoms with E-state index in [1.807, 2.05) is 43.3 Å². The van der Waals surface area contributed by atoms with E-state index in [2.05, 4.69) is 4.98 Å². The monoisotopic (exact) mass is 349 g/mol. The van der Waals surface area contributed by atoms with E-state index in [1.54, 1.807) is 0 Å². The molecule has 1 aliphatic carbocycles. The lowest BCUT2D eigenvalue weighted by atomic mass is 9.91. The lowest BCUT2D eigenvalue weighted by Gasteiger charge is -2.15. The highest BCUT2D eigenvalue weighted by Gasteiger charge is 2.27. The molecule has 1 aromatic heterocycles. The van der Waals surface area contributed by atoms with E-state index in [9.17, 15) is 4.79 Å². The first-order chi connectivity index (χ1) is 12.7. The molecule has 0 unspecified atom stereocenters. The second-order valence-corrected chi connectivity index (χ2v) is 6.83. The molecule has 5 heteroatoms. The summed E-state index contributed by atoms with van der Waals surface area (Å²) in [5.74, 6) is 0.897. The maximum atomic E-state index is 12.5. The third kappa shape index (κ3) is 2.94. The van der Waals surface area contributed by atoms with Crippen molar-refractivity contribution >= 4 is 22.7 Å².